The van der Waals surface area contributed by atoms with Crippen LogP contribution in [-0.2, 0) is 25.5 Å². The molecule has 0 amide bonds. The maximum absolute atomic E-state index is 12.9. The second-order valence-electron chi connectivity index (χ2n) is 9.33. The van der Waals surface area contributed by atoms with E-state index in [4.69, 9.17) is 9.47 Å². The summed E-state index contributed by atoms with van der Waals surface area (Å²) < 4.78 is 13.1. The molecule has 0 aliphatic rings. The van der Waals surface area contributed by atoms with Gasteiger partial charge in [0.05, 0.1) is 0 Å². The summed E-state index contributed by atoms with van der Waals surface area (Å²) in [6.07, 6.45) is 4.90. The lowest BCUT2D eigenvalue weighted by molar-refractivity contribution is -0.175. The fourth-order valence-electron chi connectivity index (χ4n) is 3.09. The van der Waals surface area contributed by atoms with Gasteiger partial charge in [0.15, 0.2) is 5.92 Å². The van der Waals surface area contributed by atoms with E-state index in [1.807, 2.05) is 59.4 Å². The maximum atomic E-state index is 12.9. The van der Waals surface area contributed by atoms with Crippen LogP contribution in [0.1, 0.15) is 59.6 Å². The molecule has 0 saturated heterocycles. The van der Waals surface area contributed by atoms with Crippen molar-refractivity contribution in [2.75, 3.05) is 0 Å². The summed E-state index contributed by atoms with van der Waals surface area (Å²) in [5.74, 6) is -2.08. The van der Waals surface area contributed by atoms with E-state index in [0.29, 0.717) is 12.8 Å². The largest absolute Gasteiger partial charge is 0.459 e. The summed E-state index contributed by atoms with van der Waals surface area (Å²) >= 11 is 0. The zero-order valence-corrected chi connectivity index (χ0v) is 18.3. The SMILES string of the molecule is CC(C)(C)OC(=O)C(C[C@H](Cc1ccccc1)n1cccc1)C(=O)OC(C)(C)C. The van der Waals surface area contributed by atoms with E-state index >= 15 is 0 Å². The first-order valence-electron chi connectivity index (χ1n) is 10.1. The van der Waals surface area contributed by atoms with Crippen LogP contribution in [0.2, 0.25) is 0 Å². The van der Waals surface area contributed by atoms with Crippen molar-refractivity contribution in [2.45, 2.75) is 71.6 Å². The van der Waals surface area contributed by atoms with Gasteiger partial charge in [0.25, 0.3) is 0 Å². The normalized spacial score (nSPS) is 13.2. The van der Waals surface area contributed by atoms with Crippen molar-refractivity contribution < 1.29 is 19.1 Å². The van der Waals surface area contributed by atoms with Crippen LogP contribution in [0, 0.1) is 5.92 Å². The number of carbonyl (C=O) groups is 2. The molecule has 1 aromatic heterocycles. The van der Waals surface area contributed by atoms with Gasteiger partial charge in [0, 0.05) is 18.4 Å². The maximum Gasteiger partial charge on any atom is 0.320 e. The van der Waals surface area contributed by atoms with E-state index in [2.05, 4.69) is 0 Å². The molecule has 0 spiro atoms. The lowest BCUT2D eigenvalue weighted by Crippen LogP contribution is -2.38. The highest BCUT2D eigenvalue weighted by Gasteiger charge is 2.37. The molecule has 0 saturated carbocycles. The molecule has 1 heterocycles. The third kappa shape index (κ3) is 7.76. The second-order valence-corrected chi connectivity index (χ2v) is 9.33. The highest BCUT2D eigenvalue weighted by molar-refractivity contribution is 5.95. The summed E-state index contributed by atoms with van der Waals surface area (Å²) in [5.41, 5.74) is -0.224. The van der Waals surface area contributed by atoms with Crippen molar-refractivity contribution in [3.63, 3.8) is 0 Å². The van der Waals surface area contributed by atoms with E-state index in [-0.39, 0.29) is 6.04 Å². The van der Waals surface area contributed by atoms with Crippen molar-refractivity contribution in [2.24, 2.45) is 5.92 Å². The fourth-order valence-corrected chi connectivity index (χ4v) is 3.09. The Morgan fingerprint density at radius 1 is 0.828 bits per heavy atom. The monoisotopic (exact) mass is 399 g/mol. The first-order chi connectivity index (χ1) is 13.4. The molecule has 5 heteroatoms. The Kier molecular flexibility index (Phi) is 7.28. The Bertz CT molecular complexity index is 755. The zero-order chi connectivity index (χ0) is 21.7. The summed E-state index contributed by atoms with van der Waals surface area (Å²) in [4.78, 5) is 25.8. The van der Waals surface area contributed by atoms with Gasteiger partial charge < -0.3 is 14.0 Å². The van der Waals surface area contributed by atoms with Gasteiger partial charge >= 0.3 is 11.9 Å². The van der Waals surface area contributed by atoms with Gasteiger partial charge in [0.2, 0.25) is 0 Å². The van der Waals surface area contributed by atoms with E-state index in [1.165, 1.54) is 0 Å². The van der Waals surface area contributed by atoms with Gasteiger partial charge in [-0.3, -0.25) is 9.59 Å². The van der Waals surface area contributed by atoms with Gasteiger partial charge in [0.1, 0.15) is 11.2 Å². The van der Waals surface area contributed by atoms with Crippen LogP contribution < -0.4 is 0 Å². The Hall–Kier alpha value is -2.56. The van der Waals surface area contributed by atoms with Gasteiger partial charge in [-0.1, -0.05) is 30.3 Å². The molecule has 29 heavy (non-hydrogen) atoms. The van der Waals surface area contributed by atoms with Crippen LogP contribution in [0.25, 0.3) is 0 Å². The summed E-state index contributed by atoms with van der Waals surface area (Å²) in [5, 5.41) is 0. The molecule has 1 atom stereocenters. The molecule has 0 radical (unpaired) electrons. The zero-order valence-electron chi connectivity index (χ0n) is 18.3. The van der Waals surface area contributed by atoms with Gasteiger partial charge in [-0.25, -0.2) is 0 Å². The lowest BCUT2D eigenvalue weighted by atomic mass is 9.94. The van der Waals surface area contributed by atoms with Crippen molar-refractivity contribution >= 4 is 11.9 Å². The molecular formula is C24H33NO4. The number of hydrogen-bond donors (Lipinski definition) is 0. The molecule has 5 nitrogen and oxygen atoms in total. The smallest absolute Gasteiger partial charge is 0.320 e. The number of ether oxygens (including phenoxy) is 2. The molecule has 158 valence electrons. The highest BCUT2D eigenvalue weighted by atomic mass is 16.6. The number of benzene rings is 1. The number of nitrogens with zero attached hydrogens (tertiary/aromatic N) is 1. The predicted octanol–water partition coefficient (Wildman–Crippen LogP) is 4.96. The third-order valence-electron chi connectivity index (χ3n) is 4.25. The van der Waals surface area contributed by atoms with Crippen molar-refractivity contribution in [3.05, 3.63) is 60.4 Å². The number of esters is 2. The Morgan fingerprint density at radius 2 is 1.31 bits per heavy atom. The highest BCUT2D eigenvalue weighted by Crippen LogP contribution is 2.27. The average Bonchev–Trinajstić information content (AvgIpc) is 3.10. The minimum atomic E-state index is -0.996. The van der Waals surface area contributed by atoms with Gasteiger partial charge in [-0.05, 0) is 72.1 Å². The second kappa shape index (κ2) is 9.29. The fraction of sp³-hybridized carbons (Fsp3) is 0.500. The van der Waals surface area contributed by atoms with E-state index in [9.17, 15) is 9.59 Å². The van der Waals surface area contributed by atoms with Crippen LogP contribution in [0.3, 0.4) is 0 Å². The molecular weight excluding hydrogens is 366 g/mol. The van der Waals surface area contributed by atoms with Crippen LogP contribution in [-0.4, -0.2) is 27.7 Å². The molecule has 2 rings (SSSR count). The van der Waals surface area contributed by atoms with Crippen LogP contribution >= 0.6 is 0 Å². The lowest BCUT2D eigenvalue weighted by Gasteiger charge is -2.29. The standard InChI is InChI=1S/C24H33NO4/c1-23(2,3)28-21(26)20(22(27)29-24(4,5)6)17-19(25-14-10-11-15-25)16-18-12-8-7-9-13-18/h7-15,19-20H,16-17H2,1-6H3/t19-/m0/s1. The molecule has 2 aromatic rings. The molecule has 1 aromatic carbocycles. The van der Waals surface area contributed by atoms with Crippen LogP contribution in [0.15, 0.2) is 54.9 Å². The first-order valence-corrected chi connectivity index (χ1v) is 10.1. The van der Waals surface area contributed by atoms with Crippen molar-refractivity contribution in [3.8, 4) is 0 Å². The molecule has 0 fully saturated rings. The number of aromatic nitrogens is 1. The third-order valence-corrected chi connectivity index (χ3v) is 4.25. The van der Waals surface area contributed by atoms with Crippen LogP contribution in [0.4, 0.5) is 0 Å². The summed E-state index contributed by atoms with van der Waals surface area (Å²) in [6, 6.07) is 13.8. The Labute approximate surface area is 174 Å². The number of hydrogen-bond acceptors (Lipinski definition) is 4. The van der Waals surface area contributed by atoms with Crippen molar-refractivity contribution in [1.82, 2.24) is 4.57 Å². The molecule has 0 aliphatic heterocycles. The topological polar surface area (TPSA) is 57.5 Å². The van der Waals surface area contributed by atoms with E-state index in [1.54, 1.807) is 41.5 Å². The molecule has 0 bridgehead atoms. The average molecular weight is 400 g/mol. The minimum absolute atomic E-state index is 0.0857. The molecule has 0 N–H and O–H groups in total. The van der Waals surface area contributed by atoms with Gasteiger partial charge in [-0.2, -0.15) is 0 Å². The molecule has 0 unspecified atom stereocenters. The summed E-state index contributed by atoms with van der Waals surface area (Å²) in [7, 11) is 0. The van der Waals surface area contributed by atoms with Gasteiger partial charge in [-0.15, -0.1) is 0 Å². The Morgan fingerprint density at radius 3 is 1.76 bits per heavy atom. The van der Waals surface area contributed by atoms with Crippen molar-refractivity contribution in [1.29, 1.82) is 0 Å². The summed E-state index contributed by atoms with van der Waals surface area (Å²) in [6.45, 7) is 10.8. The minimum Gasteiger partial charge on any atom is -0.459 e. The Balaban J connectivity index is 2.30. The number of rotatable bonds is 7. The predicted molar refractivity (Wildman–Crippen MR) is 113 cm³/mol. The van der Waals surface area contributed by atoms with E-state index in [0.717, 1.165) is 5.56 Å². The quantitative estimate of drug-likeness (QED) is 0.488. The van der Waals surface area contributed by atoms with Crippen LogP contribution in [0.5, 0.6) is 0 Å². The number of carbonyl (C=O) groups excluding carboxylic acids is 2. The molecule has 0 aliphatic carbocycles. The first kappa shape index (κ1) is 22.7. The van der Waals surface area contributed by atoms with E-state index < -0.39 is 29.1 Å².